The third-order valence-corrected chi connectivity index (χ3v) is 3.89. The van der Waals surface area contributed by atoms with Crippen molar-refractivity contribution < 1.29 is 0 Å². The van der Waals surface area contributed by atoms with Crippen molar-refractivity contribution in [1.82, 2.24) is 4.90 Å². The summed E-state index contributed by atoms with van der Waals surface area (Å²) in [7, 11) is 0. The molecule has 1 fully saturated rings. The van der Waals surface area contributed by atoms with Gasteiger partial charge in [-0.1, -0.05) is 32.0 Å². The maximum Gasteiger partial charge on any atom is 0.0374 e. The summed E-state index contributed by atoms with van der Waals surface area (Å²) < 4.78 is 0. The van der Waals surface area contributed by atoms with E-state index in [1.165, 1.54) is 50.1 Å². The minimum Gasteiger partial charge on any atom is -0.382 e. The van der Waals surface area contributed by atoms with Crippen LogP contribution in [0.3, 0.4) is 0 Å². The van der Waals surface area contributed by atoms with Crippen LogP contribution in [0.25, 0.3) is 0 Å². The standard InChI is InChI=1S/C16H26N2/c1-3-11-18-12-9-15(10-13-18)17-16-8-6-5-7-14(16)4-2/h5-8,15,17H,3-4,9-13H2,1-2H3. The molecule has 1 saturated heterocycles. The normalized spacial score (nSPS) is 17.9. The second-order valence-corrected chi connectivity index (χ2v) is 5.27. The van der Waals surface area contributed by atoms with Crippen LogP contribution in [0, 0.1) is 0 Å². The Kier molecular flexibility index (Phi) is 5.06. The van der Waals surface area contributed by atoms with Crippen molar-refractivity contribution in [2.75, 3.05) is 25.0 Å². The molecule has 0 unspecified atom stereocenters. The number of likely N-dealkylation sites (tertiary alicyclic amines) is 1. The lowest BCUT2D eigenvalue weighted by Gasteiger charge is -2.33. The highest BCUT2D eigenvalue weighted by Gasteiger charge is 2.18. The van der Waals surface area contributed by atoms with E-state index in [0.29, 0.717) is 6.04 Å². The molecule has 1 aromatic carbocycles. The maximum atomic E-state index is 3.74. The Morgan fingerprint density at radius 2 is 1.89 bits per heavy atom. The molecule has 1 aliphatic heterocycles. The molecule has 1 heterocycles. The fraction of sp³-hybridized carbons (Fsp3) is 0.625. The van der Waals surface area contributed by atoms with Gasteiger partial charge in [-0.25, -0.2) is 0 Å². The first-order valence-corrected chi connectivity index (χ1v) is 7.40. The lowest BCUT2D eigenvalue weighted by molar-refractivity contribution is 0.219. The number of piperidine rings is 1. The summed E-state index contributed by atoms with van der Waals surface area (Å²) in [5, 5.41) is 3.74. The van der Waals surface area contributed by atoms with Crippen molar-refractivity contribution in [3.63, 3.8) is 0 Å². The molecule has 0 aromatic heterocycles. The third kappa shape index (κ3) is 3.49. The van der Waals surface area contributed by atoms with Crippen LogP contribution in [-0.2, 0) is 6.42 Å². The van der Waals surface area contributed by atoms with Crippen LogP contribution in [0.1, 0.15) is 38.7 Å². The Morgan fingerprint density at radius 1 is 1.17 bits per heavy atom. The molecular formula is C16H26N2. The van der Waals surface area contributed by atoms with Crippen molar-refractivity contribution in [3.8, 4) is 0 Å². The number of rotatable bonds is 5. The monoisotopic (exact) mass is 246 g/mol. The average Bonchev–Trinajstić information content (AvgIpc) is 2.42. The van der Waals surface area contributed by atoms with Crippen LogP contribution in [0.5, 0.6) is 0 Å². The molecule has 1 aliphatic rings. The van der Waals surface area contributed by atoms with Gasteiger partial charge >= 0.3 is 0 Å². The van der Waals surface area contributed by atoms with Crippen molar-refractivity contribution in [2.45, 2.75) is 45.6 Å². The quantitative estimate of drug-likeness (QED) is 0.855. The SMILES string of the molecule is CCCN1CCC(Nc2ccccc2CC)CC1. The van der Waals surface area contributed by atoms with E-state index in [-0.39, 0.29) is 0 Å². The molecular weight excluding hydrogens is 220 g/mol. The van der Waals surface area contributed by atoms with Gasteiger partial charge in [0.1, 0.15) is 0 Å². The number of hydrogen-bond acceptors (Lipinski definition) is 2. The highest BCUT2D eigenvalue weighted by atomic mass is 15.1. The zero-order chi connectivity index (χ0) is 12.8. The first-order chi connectivity index (χ1) is 8.83. The zero-order valence-electron chi connectivity index (χ0n) is 11.8. The Balaban J connectivity index is 1.87. The Bertz CT molecular complexity index is 354. The Hall–Kier alpha value is -1.02. The Morgan fingerprint density at radius 3 is 2.56 bits per heavy atom. The molecule has 2 rings (SSSR count). The molecule has 0 aliphatic carbocycles. The summed E-state index contributed by atoms with van der Waals surface area (Å²) in [5.41, 5.74) is 2.78. The van der Waals surface area contributed by atoms with E-state index < -0.39 is 0 Å². The summed E-state index contributed by atoms with van der Waals surface area (Å²) in [6.45, 7) is 8.25. The third-order valence-electron chi connectivity index (χ3n) is 3.89. The van der Waals surface area contributed by atoms with E-state index in [2.05, 4.69) is 48.3 Å². The molecule has 100 valence electrons. The zero-order valence-corrected chi connectivity index (χ0v) is 11.8. The summed E-state index contributed by atoms with van der Waals surface area (Å²) in [4.78, 5) is 2.59. The van der Waals surface area contributed by atoms with Crippen molar-refractivity contribution in [3.05, 3.63) is 29.8 Å². The number of aryl methyl sites for hydroxylation is 1. The first kappa shape index (κ1) is 13.4. The molecule has 0 spiro atoms. The van der Waals surface area contributed by atoms with E-state index in [1.807, 2.05) is 0 Å². The molecule has 0 atom stereocenters. The molecule has 0 bridgehead atoms. The van der Waals surface area contributed by atoms with Gasteiger partial charge in [0.05, 0.1) is 0 Å². The largest absolute Gasteiger partial charge is 0.382 e. The van der Waals surface area contributed by atoms with Crippen LogP contribution in [0.4, 0.5) is 5.69 Å². The number of para-hydroxylation sites is 1. The lowest BCUT2D eigenvalue weighted by Crippen LogP contribution is -2.39. The fourth-order valence-corrected chi connectivity index (χ4v) is 2.81. The minimum atomic E-state index is 0.658. The van der Waals surface area contributed by atoms with Gasteiger partial charge in [0.15, 0.2) is 0 Å². The van der Waals surface area contributed by atoms with Crippen molar-refractivity contribution in [2.24, 2.45) is 0 Å². The number of anilines is 1. The second-order valence-electron chi connectivity index (χ2n) is 5.27. The fourth-order valence-electron chi connectivity index (χ4n) is 2.81. The van der Waals surface area contributed by atoms with Gasteiger partial charge in [-0.3, -0.25) is 0 Å². The smallest absolute Gasteiger partial charge is 0.0374 e. The van der Waals surface area contributed by atoms with Gasteiger partial charge in [-0.15, -0.1) is 0 Å². The average molecular weight is 246 g/mol. The van der Waals surface area contributed by atoms with Gasteiger partial charge in [-0.05, 0) is 43.9 Å². The van der Waals surface area contributed by atoms with Crippen molar-refractivity contribution in [1.29, 1.82) is 0 Å². The van der Waals surface area contributed by atoms with Crippen molar-refractivity contribution >= 4 is 5.69 Å². The highest BCUT2D eigenvalue weighted by Crippen LogP contribution is 2.20. The first-order valence-electron chi connectivity index (χ1n) is 7.40. The molecule has 1 N–H and O–H groups in total. The molecule has 0 radical (unpaired) electrons. The van der Waals surface area contributed by atoms with Gasteiger partial charge in [0.25, 0.3) is 0 Å². The van der Waals surface area contributed by atoms with E-state index in [9.17, 15) is 0 Å². The number of nitrogens with zero attached hydrogens (tertiary/aromatic N) is 1. The number of hydrogen-bond donors (Lipinski definition) is 1. The molecule has 0 amide bonds. The summed E-state index contributed by atoms with van der Waals surface area (Å²) in [6, 6.07) is 9.37. The van der Waals surface area contributed by atoms with E-state index in [0.717, 1.165) is 6.42 Å². The predicted octanol–water partition coefficient (Wildman–Crippen LogP) is 3.54. The number of benzene rings is 1. The topological polar surface area (TPSA) is 15.3 Å². The van der Waals surface area contributed by atoms with Gasteiger partial charge < -0.3 is 10.2 Å². The maximum absolute atomic E-state index is 3.74. The molecule has 2 nitrogen and oxygen atoms in total. The second kappa shape index (κ2) is 6.79. The molecule has 1 aromatic rings. The van der Waals surface area contributed by atoms with E-state index in [1.54, 1.807) is 0 Å². The molecule has 0 saturated carbocycles. The van der Waals surface area contributed by atoms with Crippen LogP contribution in [-0.4, -0.2) is 30.6 Å². The summed E-state index contributed by atoms with van der Waals surface area (Å²) >= 11 is 0. The van der Waals surface area contributed by atoms with Crippen LogP contribution in [0.15, 0.2) is 24.3 Å². The van der Waals surface area contributed by atoms with Gasteiger partial charge in [0.2, 0.25) is 0 Å². The van der Waals surface area contributed by atoms with Gasteiger partial charge in [-0.2, -0.15) is 0 Å². The predicted molar refractivity (Wildman–Crippen MR) is 79.2 cm³/mol. The summed E-state index contributed by atoms with van der Waals surface area (Å²) in [6.07, 6.45) is 4.94. The highest BCUT2D eigenvalue weighted by molar-refractivity contribution is 5.51. The van der Waals surface area contributed by atoms with Crippen LogP contribution < -0.4 is 5.32 Å². The van der Waals surface area contributed by atoms with Gasteiger partial charge in [0, 0.05) is 24.8 Å². The number of nitrogens with one attached hydrogen (secondary N) is 1. The Labute approximate surface area is 111 Å². The molecule has 2 heteroatoms. The lowest BCUT2D eigenvalue weighted by atomic mass is 10.0. The molecule has 18 heavy (non-hydrogen) atoms. The van der Waals surface area contributed by atoms with E-state index in [4.69, 9.17) is 0 Å². The summed E-state index contributed by atoms with van der Waals surface area (Å²) in [5.74, 6) is 0. The van der Waals surface area contributed by atoms with Crippen LogP contribution in [0.2, 0.25) is 0 Å². The minimum absolute atomic E-state index is 0.658. The van der Waals surface area contributed by atoms with E-state index >= 15 is 0 Å². The van der Waals surface area contributed by atoms with Crippen LogP contribution >= 0.6 is 0 Å².